The highest BCUT2D eigenvalue weighted by molar-refractivity contribution is 8.27. The first-order valence-electron chi connectivity index (χ1n) is 10.7. The minimum Gasteiger partial charge on any atom is -0.361 e. The van der Waals surface area contributed by atoms with Crippen molar-refractivity contribution >= 4 is 38.8 Å². The average Bonchev–Trinajstić information content (AvgIpc) is 3.16. The second-order valence-corrected chi connectivity index (χ2v) is 9.09. The van der Waals surface area contributed by atoms with E-state index in [1.807, 2.05) is 37.4 Å². The van der Waals surface area contributed by atoms with Gasteiger partial charge in [-0.15, -0.1) is 0 Å². The third-order valence-corrected chi connectivity index (χ3v) is 6.63. The van der Waals surface area contributed by atoms with Gasteiger partial charge in [-0.25, -0.2) is 8.78 Å². The van der Waals surface area contributed by atoms with E-state index in [9.17, 15) is 13.6 Å². The van der Waals surface area contributed by atoms with Crippen LogP contribution in [0.3, 0.4) is 0 Å². The number of likely N-dealkylation sites (N-methyl/N-ethyl adjacent to an activating group) is 1. The molecule has 1 saturated heterocycles. The van der Waals surface area contributed by atoms with Gasteiger partial charge in [-0.3, -0.25) is 20.5 Å². The van der Waals surface area contributed by atoms with E-state index in [1.54, 1.807) is 11.9 Å². The Labute approximate surface area is 190 Å². The van der Waals surface area contributed by atoms with Crippen molar-refractivity contribution in [1.29, 1.82) is 10.8 Å². The zero-order valence-electron chi connectivity index (χ0n) is 18.3. The maximum Gasteiger partial charge on any atom is 0.276 e. The van der Waals surface area contributed by atoms with E-state index in [2.05, 4.69) is 10.3 Å². The number of H-pyrrole nitrogens is 1. The molecule has 32 heavy (non-hydrogen) atoms. The third kappa shape index (κ3) is 5.86. The summed E-state index contributed by atoms with van der Waals surface area (Å²) in [6.45, 7) is 2.87. The van der Waals surface area contributed by atoms with Gasteiger partial charge in [0.15, 0.2) is 10.2 Å². The molecule has 174 valence electrons. The highest BCUT2D eigenvalue weighted by Gasteiger charge is 2.33. The number of alkyl halides is 2. The lowest BCUT2D eigenvalue weighted by molar-refractivity contribution is -0.115. The number of thioether (sulfide) groups is 1. The van der Waals surface area contributed by atoms with Gasteiger partial charge in [0.05, 0.1) is 6.04 Å². The van der Waals surface area contributed by atoms with Gasteiger partial charge < -0.3 is 15.2 Å². The van der Waals surface area contributed by atoms with Crippen molar-refractivity contribution in [2.24, 2.45) is 0 Å². The van der Waals surface area contributed by atoms with Crippen LogP contribution in [0.25, 0.3) is 10.9 Å². The van der Waals surface area contributed by atoms with Gasteiger partial charge in [-0.05, 0) is 43.3 Å². The highest BCUT2D eigenvalue weighted by atomic mass is 32.2. The molecule has 1 aliphatic rings. The maximum absolute atomic E-state index is 13.2. The van der Waals surface area contributed by atoms with Crippen molar-refractivity contribution in [3.8, 4) is 0 Å². The highest BCUT2D eigenvalue weighted by Crippen LogP contribution is 2.21. The Morgan fingerprint density at radius 2 is 2.06 bits per heavy atom. The average molecular weight is 465 g/mol. The molecule has 1 aliphatic heterocycles. The molecule has 0 bridgehead atoms. The van der Waals surface area contributed by atoms with Gasteiger partial charge in [0.1, 0.15) is 0 Å². The summed E-state index contributed by atoms with van der Waals surface area (Å²) < 4.78 is 26.4. The minimum absolute atomic E-state index is 0.00786. The number of aromatic amines is 1. The molecule has 3 rings (SSSR count). The molecular formula is C22H30F2N6OS. The van der Waals surface area contributed by atoms with Gasteiger partial charge in [-0.2, -0.15) is 0 Å². The summed E-state index contributed by atoms with van der Waals surface area (Å²) in [5, 5.41) is 20.0. The van der Waals surface area contributed by atoms with Crippen molar-refractivity contribution in [2.45, 2.75) is 44.7 Å². The van der Waals surface area contributed by atoms with Crippen molar-refractivity contribution in [3.63, 3.8) is 0 Å². The number of carbonyl (C=O) groups excluding carboxylic acids is 1. The number of rotatable bonds is 6. The summed E-state index contributed by atoms with van der Waals surface area (Å²) in [4.78, 5) is 19.0. The summed E-state index contributed by atoms with van der Waals surface area (Å²) in [7, 11) is 1.64. The topological polar surface area (TPSA) is 99.1 Å². The third-order valence-electron chi connectivity index (χ3n) is 5.79. The molecule has 1 amide bonds. The summed E-state index contributed by atoms with van der Waals surface area (Å²) in [6.07, 6.45) is 1.70. The molecule has 2 atom stereocenters. The molecule has 0 radical (unpaired) electrons. The van der Waals surface area contributed by atoms with Crippen LogP contribution >= 0.6 is 11.8 Å². The molecule has 2 unspecified atom stereocenters. The second-order valence-electron chi connectivity index (χ2n) is 8.09. The maximum atomic E-state index is 13.2. The predicted molar refractivity (Wildman–Crippen MR) is 126 cm³/mol. The largest absolute Gasteiger partial charge is 0.361 e. The van der Waals surface area contributed by atoms with Crippen LogP contribution in [0.15, 0.2) is 30.5 Å². The van der Waals surface area contributed by atoms with Crippen molar-refractivity contribution < 1.29 is 13.6 Å². The molecule has 1 aromatic carbocycles. The van der Waals surface area contributed by atoms with E-state index < -0.39 is 18.4 Å². The zero-order chi connectivity index (χ0) is 23.3. The van der Waals surface area contributed by atoms with Gasteiger partial charge in [0, 0.05) is 42.8 Å². The zero-order valence-corrected chi connectivity index (χ0v) is 19.1. The number of hydrogen-bond acceptors (Lipinski definition) is 5. The van der Waals surface area contributed by atoms with Gasteiger partial charge in [0.25, 0.3) is 12.3 Å². The minimum atomic E-state index is -2.51. The molecule has 10 heteroatoms. The van der Waals surface area contributed by atoms with Crippen LogP contribution in [0.4, 0.5) is 8.78 Å². The lowest BCUT2D eigenvalue weighted by atomic mass is 10.0. The van der Waals surface area contributed by atoms with E-state index >= 15 is 0 Å². The number of hydrogen-bond donors (Lipinski definition) is 4. The fourth-order valence-corrected chi connectivity index (χ4v) is 4.60. The number of benzene rings is 1. The number of para-hydroxylation sites is 1. The first-order valence-corrected chi connectivity index (χ1v) is 11.6. The number of fused-ring (bicyclic) bond motifs is 1. The number of amides is 1. The van der Waals surface area contributed by atoms with Crippen LogP contribution < -0.4 is 5.32 Å². The monoisotopic (exact) mass is 464 g/mol. The number of nitrogens with one attached hydrogen (secondary N) is 4. The molecular weight excluding hydrogens is 434 g/mol. The summed E-state index contributed by atoms with van der Waals surface area (Å²) in [5.74, 6) is -0.544. The molecule has 1 aromatic heterocycles. The molecule has 1 fully saturated rings. The Bertz CT molecular complexity index is 965. The van der Waals surface area contributed by atoms with Crippen molar-refractivity contribution in [1.82, 2.24) is 20.1 Å². The molecule has 7 nitrogen and oxygen atoms in total. The normalized spacial score (nSPS) is 18.2. The smallest absolute Gasteiger partial charge is 0.276 e. The van der Waals surface area contributed by atoms with Crippen LogP contribution in [-0.4, -0.2) is 76.1 Å². The number of nitrogens with zero attached hydrogens (tertiary/aromatic N) is 2. The number of carbonyl (C=O) groups is 1. The fourth-order valence-electron chi connectivity index (χ4n) is 3.96. The SMILES string of the molecule is CCCC(Cc1c[nH]c2ccccc12)NC(=O)C(=N)SC(=N)N1CCN(C)C(C(F)F)C1. The van der Waals surface area contributed by atoms with Crippen LogP contribution in [0.1, 0.15) is 25.3 Å². The van der Waals surface area contributed by atoms with Gasteiger partial charge >= 0.3 is 0 Å². The number of piperazine rings is 1. The molecule has 0 aliphatic carbocycles. The first-order chi connectivity index (χ1) is 15.3. The quantitative estimate of drug-likeness (QED) is 0.388. The van der Waals surface area contributed by atoms with E-state index in [1.165, 1.54) is 4.90 Å². The van der Waals surface area contributed by atoms with Gasteiger partial charge in [0.2, 0.25) is 0 Å². The van der Waals surface area contributed by atoms with Crippen LogP contribution in [0.2, 0.25) is 0 Å². The fraction of sp³-hybridized carbons (Fsp3) is 0.500. The van der Waals surface area contributed by atoms with E-state index in [0.717, 1.165) is 29.3 Å². The second kappa shape index (κ2) is 10.9. The van der Waals surface area contributed by atoms with Crippen molar-refractivity contribution in [2.75, 3.05) is 26.7 Å². The van der Waals surface area contributed by atoms with Gasteiger partial charge in [-0.1, -0.05) is 31.5 Å². The Hall–Kier alpha value is -2.46. The summed E-state index contributed by atoms with van der Waals surface area (Å²) in [6, 6.07) is 6.87. The van der Waals surface area contributed by atoms with E-state index in [4.69, 9.17) is 10.8 Å². The standard InChI is InChI=1S/C22H30F2N6OS/c1-3-6-15(11-14-12-27-17-8-5-4-7-16(14)17)28-21(31)20(25)32-22(26)30-10-9-29(2)18(13-30)19(23)24/h4-5,7-8,12,15,18-19,25-27H,3,6,9-11,13H2,1-2H3,(H,28,31). The Morgan fingerprint density at radius 1 is 1.31 bits per heavy atom. The summed E-state index contributed by atoms with van der Waals surface area (Å²) in [5.41, 5.74) is 2.14. The van der Waals surface area contributed by atoms with Crippen molar-refractivity contribution in [3.05, 3.63) is 36.0 Å². The number of amidine groups is 1. The number of aromatic nitrogens is 1. The lowest BCUT2D eigenvalue weighted by Crippen LogP contribution is -2.55. The molecule has 4 N–H and O–H groups in total. The molecule has 2 heterocycles. The lowest BCUT2D eigenvalue weighted by Gasteiger charge is -2.39. The Kier molecular flexibility index (Phi) is 8.25. The van der Waals surface area contributed by atoms with Crippen LogP contribution in [0.5, 0.6) is 0 Å². The van der Waals surface area contributed by atoms with E-state index in [0.29, 0.717) is 31.3 Å². The van der Waals surface area contributed by atoms with Crippen LogP contribution in [-0.2, 0) is 11.2 Å². The first kappa shape index (κ1) is 24.2. The molecule has 2 aromatic rings. The molecule has 0 spiro atoms. The Morgan fingerprint density at radius 3 is 2.78 bits per heavy atom. The number of halogens is 2. The summed E-state index contributed by atoms with van der Waals surface area (Å²) >= 11 is 0.711. The Balaban J connectivity index is 1.58. The predicted octanol–water partition coefficient (Wildman–Crippen LogP) is 3.52. The van der Waals surface area contributed by atoms with Crippen LogP contribution in [0, 0.1) is 10.8 Å². The van der Waals surface area contributed by atoms with E-state index in [-0.39, 0.29) is 22.8 Å². The molecule has 0 saturated carbocycles.